The van der Waals surface area contributed by atoms with Crippen molar-refractivity contribution in [3.63, 3.8) is 0 Å². The third kappa shape index (κ3) is 2.67. The van der Waals surface area contributed by atoms with E-state index in [0.717, 1.165) is 22.9 Å². The summed E-state index contributed by atoms with van der Waals surface area (Å²) in [4.78, 5) is 15.3. The number of fused-ring (bicyclic) bond motifs is 4. The summed E-state index contributed by atoms with van der Waals surface area (Å²) < 4.78 is 5.93. The first-order valence-electron chi connectivity index (χ1n) is 9.16. The standard InChI is InChI=1S/C19H25N3OS/c1-4-5-9-14-12-7-6-8-13(12)15-16-17(24-19(15)22-14)18(21-10-20-16)23-11(2)3/h10-11,15,19H,4-9H2,1-3H3/t15-,19-/m1/s1. The molecule has 3 heterocycles. The maximum atomic E-state index is 5.93. The fourth-order valence-corrected chi connectivity index (χ4v) is 5.36. The van der Waals surface area contributed by atoms with Crippen LogP contribution in [0.25, 0.3) is 0 Å². The highest BCUT2D eigenvalue weighted by Crippen LogP contribution is 2.56. The molecule has 1 aromatic heterocycles. The molecule has 0 aromatic carbocycles. The first kappa shape index (κ1) is 16.1. The number of unbranched alkanes of at least 4 members (excludes halogenated alkanes) is 1. The van der Waals surface area contributed by atoms with Gasteiger partial charge < -0.3 is 4.74 Å². The first-order valence-corrected chi connectivity index (χ1v) is 10.0. The Labute approximate surface area is 148 Å². The molecule has 0 saturated carbocycles. The molecule has 128 valence electrons. The van der Waals surface area contributed by atoms with Gasteiger partial charge in [-0.15, -0.1) is 0 Å². The third-order valence-electron chi connectivity index (χ3n) is 5.00. The second kappa shape index (κ2) is 6.51. The van der Waals surface area contributed by atoms with Gasteiger partial charge in [0, 0.05) is 5.71 Å². The van der Waals surface area contributed by atoms with Gasteiger partial charge in [-0.3, -0.25) is 4.99 Å². The average molecular weight is 343 g/mol. The maximum absolute atomic E-state index is 5.93. The summed E-state index contributed by atoms with van der Waals surface area (Å²) >= 11 is 1.80. The van der Waals surface area contributed by atoms with Gasteiger partial charge in [0.2, 0.25) is 5.88 Å². The predicted octanol–water partition coefficient (Wildman–Crippen LogP) is 4.90. The molecule has 2 atom stereocenters. The van der Waals surface area contributed by atoms with Gasteiger partial charge in [-0.2, -0.15) is 0 Å². The molecule has 0 fully saturated rings. The summed E-state index contributed by atoms with van der Waals surface area (Å²) in [5.41, 5.74) is 5.65. The van der Waals surface area contributed by atoms with Crippen molar-refractivity contribution in [2.45, 2.75) is 81.6 Å². The van der Waals surface area contributed by atoms with Crippen LogP contribution in [0.3, 0.4) is 0 Å². The molecule has 3 aliphatic rings. The van der Waals surface area contributed by atoms with Crippen LogP contribution >= 0.6 is 11.8 Å². The number of ether oxygens (including phenoxy) is 1. The average Bonchev–Trinajstić information content (AvgIpc) is 3.16. The van der Waals surface area contributed by atoms with Crippen LogP contribution in [0.1, 0.15) is 70.9 Å². The molecule has 2 aliphatic heterocycles. The minimum Gasteiger partial charge on any atom is -0.474 e. The predicted molar refractivity (Wildman–Crippen MR) is 98.0 cm³/mol. The summed E-state index contributed by atoms with van der Waals surface area (Å²) in [6.45, 7) is 6.33. The van der Waals surface area contributed by atoms with Crippen LogP contribution in [0.4, 0.5) is 0 Å². The molecule has 0 radical (unpaired) electrons. The van der Waals surface area contributed by atoms with E-state index in [4.69, 9.17) is 9.73 Å². The van der Waals surface area contributed by atoms with E-state index in [1.807, 2.05) is 13.8 Å². The Balaban J connectivity index is 1.72. The molecular formula is C19H25N3OS. The second-order valence-electron chi connectivity index (χ2n) is 7.08. The zero-order valence-electron chi connectivity index (χ0n) is 14.7. The Morgan fingerprint density at radius 1 is 1.29 bits per heavy atom. The lowest BCUT2D eigenvalue weighted by Gasteiger charge is -2.26. The van der Waals surface area contributed by atoms with Crippen molar-refractivity contribution in [3.05, 3.63) is 23.2 Å². The van der Waals surface area contributed by atoms with Gasteiger partial charge in [0.05, 0.1) is 22.6 Å². The summed E-state index contributed by atoms with van der Waals surface area (Å²) in [6.07, 6.45) is 9.01. The van der Waals surface area contributed by atoms with E-state index >= 15 is 0 Å². The number of allylic oxidation sites excluding steroid dienone is 1. The van der Waals surface area contributed by atoms with Crippen molar-refractivity contribution >= 4 is 17.5 Å². The fourth-order valence-electron chi connectivity index (χ4n) is 4.00. The Morgan fingerprint density at radius 3 is 2.96 bits per heavy atom. The van der Waals surface area contributed by atoms with E-state index in [9.17, 15) is 0 Å². The molecule has 1 aromatic rings. The SMILES string of the molecule is CCCCC1=N[C@@H]2Sc3c(OC(C)C)ncnc3[C@H]2C2=C1CCC2. The maximum Gasteiger partial charge on any atom is 0.231 e. The smallest absolute Gasteiger partial charge is 0.231 e. The van der Waals surface area contributed by atoms with Crippen LogP contribution in [0.2, 0.25) is 0 Å². The highest BCUT2D eigenvalue weighted by atomic mass is 32.2. The molecule has 0 amide bonds. The van der Waals surface area contributed by atoms with Crippen molar-refractivity contribution in [3.8, 4) is 5.88 Å². The quantitative estimate of drug-likeness (QED) is 0.762. The molecule has 0 bridgehead atoms. The molecule has 4 rings (SSSR count). The van der Waals surface area contributed by atoms with E-state index in [0.29, 0.717) is 5.92 Å². The van der Waals surface area contributed by atoms with Gasteiger partial charge in [-0.05, 0) is 51.5 Å². The molecular weight excluding hydrogens is 318 g/mol. The summed E-state index contributed by atoms with van der Waals surface area (Å²) in [7, 11) is 0. The Morgan fingerprint density at radius 2 is 2.17 bits per heavy atom. The summed E-state index contributed by atoms with van der Waals surface area (Å²) in [5.74, 6) is 1.07. The van der Waals surface area contributed by atoms with Crippen molar-refractivity contribution in [2.75, 3.05) is 0 Å². The van der Waals surface area contributed by atoms with Crippen LogP contribution < -0.4 is 4.74 Å². The Hall–Kier alpha value is -1.36. The van der Waals surface area contributed by atoms with Crippen LogP contribution in [0, 0.1) is 0 Å². The topological polar surface area (TPSA) is 47.4 Å². The number of rotatable bonds is 5. The molecule has 24 heavy (non-hydrogen) atoms. The van der Waals surface area contributed by atoms with Crippen molar-refractivity contribution in [1.29, 1.82) is 0 Å². The van der Waals surface area contributed by atoms with E-state index in [2.05, 4.69) is 16.9 Å². The lowest BCUT2D eigenvalue weighted by Crippen LogP contribution is -2.21. The van der Waals surface area contributed by atoms with Crippen LogP contribution in [-0.2, 0) is 0 Å². The molecule has 0 N–H and O–H groups in total. The zero-order chi connectivity index (χ0) is 16.7. The van der Waals surface area contributed by atoms with E-state index < -0.39 is 0 Å². The van der Waals surface area contributed by atoms with E-state index in [-0.39, 0.29) is 11.5 Å². The van der Waals surface area contributed by atoms with E-state index in [1.54, 1.807) is 29.2 Å². The van der Waals surface area contributed by atoms with E-state index in [1.165, 1.54) is 37.8 Å². The van der Waals surface area contributed by atoms with Crippen LogP contribution in [0.5, 0.6) is 5.88 Å². The number of aromatic nitrogens is 2. The van der Waals surface area contributed by atoms with Crippen LogP contribution in [0.15, 0.2) is 27.4 Å². The van der Waals surface area contributed by atoms with Gasteiger partial charge in [-0.1, -0.05) is 30.7 Å². The van der Waals surface area contributed by atoms with Gasteiger partial charge in [-0.25, -0.2) is 9.97 Å². The fraction of sp³-hybridized carbons (Fsp3) is 0.632. The van der Waals surface area contributed by atoms with Gasteiger partial charge in [0.25, 0.3) is 0 Å². The zero-order valence-corrected chi connectivity index (χ0v) is 15.5. The summed E-state index contributed by atoms with van der Waals surface area (Å²) in [5, 5.41) is 0.231. The van der Waals surface area contributed by atoms with Gasteiger partial charge >= 0.3 is 0 Å². The highest BCUT2D eigenvalue weighted by Gasteiger charge is 2.44. The molecule has 5 heteroatoms. The number of hydrogen-bond donors (Lipinski definition) is 0. The Kier molecular flexibility index (Phi) is 4.37. The lowest BCUT2D eigenvalue weighted by molar-refractivity contribution is 0.225. The molecule has 1 aliphatic carbocycles. The number of nitrogens with zero attached hydrogens (tertiary/aromatic N) is 3. The monoisotopic (exact) mass is 343 g/mol. The molecule has 4 nitrogen and oxygen atoms in total. The third-order valence-corrected chi connectivity index (χ3v) is 6.24. The van der Waals surface area contributed by atoms with Crippen molar-refractivity contribution in [1.82, 2.24) is 9.97 Å². The largest absolute Gasteiger partial charge is 0.474 e. The molecule has 0 spiro atoms. The second-order valence-corrected chi connectivity index (χ2v) is 8.21. The molecule has 0 saturated heterocycles. The highest BCUT2D eigenvalue weighted by molar-refractivity contribution is 8.00. The first-order chi connectivity index (χ1) is 11.7. The van der Waals surface area contributed by atoms with Crippen LogP contribution in [-0.4, -0.2) is 27.2 Å². The minimum absolute atomic E-state index is 0.122. The molecule has 0 unspecified atom stereocenters. The normalized spacial score (nSPS) is 24.8. The van der Waals surface area contributed by atoms with Crippen molar-refractivity contribution < 1.29 is 4.74 Å². The lowest BCUT2D eigenvalue weighted by atomic mass is 9.87. The number of hydrogen-bond acceptors (Lipinski definition) is 5. The number of aliphatic imine (C=N–C) groups is 1. The summed E-state index contributed by atoms with van der Waals surface area (Å²) in [6, 6.07) is 0. The van der Waals surface area contributed by atoms with Crippen molar-refractivity contribution in [2.24, 2.45) is 4.99 Å². The number of dihydropyridines is 1. The van der Waals surface area contributed by atoms with Gasteiger partial charge in [0.1, 0.15) is 11.7 Å². The van der Waals surface area contributed by atoms with Gasteiger partial charge in [0.15, 0.2) is 0 Å². The number of thioether (sulfide) groups is 1. The minimum atomic E-state index is 0.122. The Bertz CT molecular complexity index is 711.